The molecule has 1 aromatic carbocycles. The highest BCUT2D eigenvalue weighted by Crippen LogP contribution is 2.34. The van der Waals surface area contributed by atoms with Gasteiger partial charge in [-0.15, -0.1) is 11.3 Å². The maximum Gasteiger partial charge on any atom is 0.186 e. The number of hydrogen-bond acceptors (Lipinski definition) is 4. The monoisotopic (exact) mass is 324 g/mol. The Morgan fingerprint density at radius 1 is 1.32 bits per heavy atom. The van der Waals surface area contributed by atoms with Gasteiger partial charge in [0.15, 0.2) is 14.4 Å². The smallest absolute Gasteiger partial charge is 0.186 e. The topological polar surface area (TPSA) is 45.9 Å². The second kappa shape index (κ2) is 5.51. The van der Waals surface area contributed by atoms with Crippen LogP contribution in [-0.4, -0.2) is 21.1 Å². The molecule has 0 aliphatic heterocycles. The fourth-order valence-electron chi connectivity index (χ4n) is 2.66. The molecule has 0 amide bonds. The van der Waals surface area contributed by atoms with Crippen molar-refractivity contribution >= 4 is 54.0 Å². The minimum Gasteiger partial charge on any atom is -0.398 e. The van der Waals surface area contributed by atoms with Crippen molar-refractivity contribution in [3.63, 3.8) is 0 Å². The molecule has 0 aliphatic rings. The van der Waals surface area contributed by atoms with Crippen molar-refractivity contribution in [1.29, 1.82) is 5.26 Å². The van der Waals surface area contributed by atoms with Crippen molar-refractivity contribution in [3.05, 3.63) is 35.3 Å². The molecule has 110 valence electrons. The second-order valence-electron chi connectivity index (χ2n) is 6.34. The summed E-state index contributed by atoms with van der Waals surface area (Å²) in [5.74, 6) is 0. The van der Waals surface area contributed by atoms with Gasteiger partial charge in [0.25, 0.3) is 0 Å². The van der Waals surface area contributed by atoms with Gasteiger partial charge in [-0.3, -0.25) is 4.98 Å². The van der Waals surface area contributed by atoms with Gasteiger partial charge in [-0.1, -0.05) is 11.5 Å². The molecule has 0 N–H and O–H groups in total. The molecular formula is C16H17BN2OSSi. The van der Waals surface area contributed by atoms with E-state index >= 15 is 0 Å². The van der Waals surface area contributed by atoms with Crippen LogP contribution in [0.1, 0.15) is 11.0 Å². The Kier molecular flexibility index (Phi) is 3.81. The Balaban J connectivity index is 2.22. The standard InChI is InChI=1S/C16H17BN2OSSi/c1-22(2,3)20-12(9-18)16-15(17)14-10-5-4-8-19-11(10)6-7-13(14)21-16/h4-8,12H,17H2,1-3H3. The maximum absolute atomic E-state index is 9.55. The number of benzene rings is 1. The number of thiophene rings is 1. The fourth-order valence-corrected chi connectivity index (χ4v) is 4.83. The molecular weight excluding hydrogens is 307 g/mol. The first kappa shape index (κ1) is 15.2. The van der Waals surface area contributed by atoms with E-state index in [-0.39, 0.29) is 0 Å². The Labute approximate surface area is 136 Å². The van der Waals surface area contributed by atoms with Crippen LogP contribution in [0.4, 0.5) is 0 Å². The predicted molar refractivity (Wildman–Crippen MR) is 98.1 cm³/mol. The summed E-state index contributed by atoms with van der Waals surface area (Å²) in [7, 11) is 0.304. The van der Waals surface area contributed by atoms with E-state index in [1.165, 1.54) is 10.1 Å². The van der Waals surface area contributed by atoms with Crippen molar-refractivity contribution in [2.24, 2.45) is 0 Å². The number of hydrogen-bond donors (Lipinski definition) is 0. The molecule has 3 nitrogen and oxygen atoms in total. The largest absolute Gasteiger partial charge is 0.398 e. The van der Waals surface area contributed by atoms with Crippen LogP contribution < -0.4 is 5.46 Å². The Bertz CT molecular complexity index is 895. The first-order chi connectivity index (χ1) is 10.4. The molecule has 2 aromatic heterocycles. The molecule has 3 aromatic rings. The summed E-state index contributed by atoms with van der Waals surface area (Å²) < 4.78 is 7.26. The molecule has 3 rings (SSSR count). The van der Waals surface area contributed by atoms with Gasteiger partial charge in [0.05, 0.1) is 11.6 Å². The van der Waals surface area contributed by atoms with Gasteiger partial charge in [0.2, 0.25) is 0 Å². The molecule has 1 atom stereocenters. The third-order valence-electron chi connectivity index (χ3n) is 3.54. The number of nitrogens with zero attached hydrogens (tertiary/aromatic N) is 2. The van der Waals surface area contributed by atoms with Gasteiger partial charge in [0.1, 0.15) is 7.85 Å². The number of fused-ring (bicyclic) bond motifs is 3. The lowest BCUT2D eigenvalue weighted by atomic mass is 9.89. The summed E-state index contributed by atoms with van der Waals surface area (Å²) in [6.45, 7) is 6.33. The summed E-state index contributed by atoms with van der Waals surface area (Å²) in [6.07, 6.45) is 1.33. The van der Waals surface area contributed by atoms with Gasteiger partial charge < -0.3 is 4.43 Å². The first-order valence-corrected chi connectivity index (χ1v) is 11.5. The van der Waals surface area contributed by atoms with E-state index in [4.69, 9.17) is 4.43 Å². The third-order valence-corrected chi connectivity index (χ3v) is 5.78. The van der Waals surface area contributed by atoms with Crippen LogP contribution in [0.15, 0.2) is 30.5 Å². The number of pyridine rings is 1. The summed E-state index contributed by atoms with van der Waals surface area (Å²) >= 11 is 1.66. The van der Waals surface area contributed by atoms with Crippen LogP contribution >= 0.6 is 11.3 Å². The van der Waals surface area contributed by atoms with E-state index in [2.05, 4.69) is 50.7 Å². The van der Waals surface area contributed by atoms with Gasteiger partial charge >= 0.3 is 0 Å². The molecule has 0 spiro atoms. The highest BCUT2D eigenvalue weighted by molar-refractivity contribution is 7.20. The minimum absolute atomic E-state index is 0.476. The lowest BCUT2D eigenvalue weighted by Gasteiger charge is -2.21. The van der Waals surface area contributed by atoms with Crippen molar-refractivity contribution in [1.82, 2.24) is 4.98 Å². The fraction of sp³-hybridized carbons (Fsp3) is 0.250. The average molecular weight is 324 g/mol. The minimum atomic E-state index is -1.78. The molecule has 0 saturated heterocycles. The SMILES string of the molecule is Bc1c(C(C#N)O[Si](C)(C)C)sc2ccc3ncccc3c12. The van der Waals surface area contributed by atoms with E-state index in [9.17, 15) is 5.26 Å². The highest BCUT2D eigenvalue weighted by atomic mass is 32.1. The molecule has 0 aliphatic carbocycles. The zero-order valence-electron chi connectivity index (χ0n) is 13.2. The van der Waals surface area contributed by atoms with Crippen LogP contribution in [0, 0.1) is 11.3 Å². The van der Waals surface area contributed by atoms with E-state index in [0.717, 1.165) is 21.2 Å². The van der Waals surface area contributed by atoms with Crippen molar-refractivity contribution < 1.29 is 4.43 Å². The zero-order valence-corrected chi connectivity index (χ0v) is 15.0. The van der Waals surface area contributed by atoms with Crippen molar-refractivity contribution in [2.75, 3.05) is 0 Å². The lowest BCUT2D eigenvalue weighted by Crippen LogP contribution is -2.28. The summed E-state index contributed by atoms with van der Waals surface area (Å²) in [6, 6.07) is 10.5. The Hall–Kier alpha value is -1.68. The lowest BCUT2D eigenvalue weighted by molar-refractivity contribution is 0.260. The van der Waals surface area contributed by atoms with Gasteiger partial charge in [-0.2, -0.15) is 5.26 Å². The maximum atomic E-state index is 9.55. The number of rotatable bonds is 3. The Morgan fingerprint density at radius 2 is 2.09 bits per heavy atom. The third kappa shape index (κ3) is 2.68. The molecule has 0 fully saturated rings. The van der Waals surface area contributed by atoms with Crippen LogP contribution in [-0.2, 0) is 4.43 Å². The Morgan fingerprint density at radius 3 is 2.77 bits per heavy atom. The van der Waals surface area contributed by atoms with Crippen LogP contribution in [0.3, 0.4) is 0 Å². The molecule has 0 radical (unpaired) electrons. The van der Waals surface area contributed by atoms with Gasteiger partial charge in [-0.25, -0.2) is 0 Å². The van der Waals surface area contributed by atoms with E-state index in [0.29, 0.717) is 0 Å². The summed E-state index contributed by atoms with van der Waals surface area (Å²) in [5, 5.41) is 11.9. The summed E-state index contributed by atoms with van der Waals surface area (Å²) in [5.41, 5.74) is 2.13. The van der Waals surface area contributed by atoms with Gasteiger partial charge in [0, 0.05) is 21.2 Å². The van der Waals surface area contributed by atoms with E-state index in [1.807, 2.05) is 18.3 Å². The molecule has 2 heterocycles. The predicted octanol–water partition coefficient (Wildman–Crippen LogP) is 3.12. The van der Waals surface area contributed by atoms with Gasteiger partial charge in [-0.05, 0) is 43.2 Å². The van der Waals surface area contributed by atoms with Crippen LogP contribution in [0.5, 0.6) is 0 Å². The van der Waals surface area contributed by atoms with E-state index < -0.39 is 14.4 Å². The molecule has 22 heavy (non-hydrogen) atoms. The average Bonchev–Trinajstić information content (AvgIpc) is 2.81. The zero-order chi connectivity index (χ0) is 15.9. The highest BCUT2D eigenvalue weighted by Gasteiger charge is 2.25. The molecule has 0 saturated carbocycles. The number of nitriles is 1. The number of aromatic nitrogens is 1. The molecule has 6 heteroatoms. The quantitative estimate of drug-likeness (QED) is 0.696. The normalized spacial score (nSPS) is 13.4. The van der Waals surface area contributed by atoms with E-state index in [1.54, 1.807) is 11.3 Å². The van der Waals surface area contributed by atoms with Crippen molar-refractivity contribution in [2.45, 2.75) is 25.7 Å². The van der Waals surface area contributed by atoms with Crippen LogP contribution in [0.25, 0.3) is 21.0 Å². The molecule has 0 bridgehead atoms. The van der Waals surface area contributed by atoms with Crippen molar-refractivity contribution in [3.8, 4) is 6.07 Å². The molecule has 1 unspecified atom stereocenters. The first-order valence-electron chi connectivity index (χ1n) is 7.25. The summed E-state index contributed by atoms with van der Waals surface area (Å²) in [4.78, 5) is 5.45. The second-order valence-corrected chi connectivity index (χ2v) is 11.9. The van der Waals surface area contributed by atoms with Crippen LogP contribution in [0.2, 0.25) is 19.6 Å².